The van der Waals surface area contributed by atoms with Gasteiger partial charge in [-0.3, -0.25) is 4.79 Å². The Morgan fingerprint density at radius 1 is 1.39 bits per heavy atom. The topological polar surface area (TPSA) is 66.4 Å². The SMILES string of the molecule is O=C(O)c1cccc2c1NC(=O)C1(CCC1)CS2. The second kappa shape index (κ2) is 4.02. The largest absolute Gasteiger partial charge is 0.478 e. The molecule has 1 aromatic carbocycles. The van der Waals surface area contributed by atoms with E-state index in [2.05, 4.69) is 5.32 Å². The number of benzene rings is 1. The summed E-state index contributed by atoms with van der Waals surface area (Å²) in [4.78, 5) is 24.3. The van der Waals surface area contributed by atoms with Gasteiger partial charge >= 0.3 is 5.97 Å². The molecule has 0 radical (unpaired) electrons. The quantitative estimate of drug-likeness (QED) is 0.817. The molecule has 2 aliphatic rings. The highest BCUT2D eigenvalue weighted by Gasteiger charge is 2.46. The highest BCUT2D eigenvalue weighted by Crippen LogP contribution is 2.49. The highest BCUT2D eigenvalue weighted by atomic mass is 32.2. The van der Waals surface area contributed by atoms with E-state index in [1.165, 1.54) is 6.07 Å². The van der Waals surface area contributed by atoms with Gasteiger partial charge in [-0.15, -0.1) is 11.8 Å². The molecule has 0 aromatic heterocycles. The van der Waals surface area contributed by atoms with Crippen molar-refractivity contribution >= 4 is 29.3 Å². The van der Waals surface area contributed by atoms with Gasteiger partial charge in [0.15, 0.2) is 0 Å². The number of carbonyl (C=O) groups excluding carboxylic acids is 1. The van der Waals surface area contributed by atoms with Crippen LogP contribution in [0.3, 0.4) is 0 Å². The number of fused-ring (bicyclic) bond motifs is 1. The first-order valence-corrected chi connectivity index (χ1v) is 6.91. The Morgan fingerprint density at radius 3 is 2.78 bits per heavy atom. The van der Waals surface area contributed by atoms with Gasteiger partial charge in [0.05, 0.1) is 16.7 Å². The highest BCUT2D eigenvalue weighted by molar-refractivity contribution is 7.99. The number of thioether (sulfide) groups is 1. The number of amides is 1. The molecule has 0 unspecified atom stereocenters. The minimum atomic E-state index is -1.00. The Kier molecular flexibility index (Phi) is 2.59. The van der Waals surface area contributed by atoms with Crippen LogP contribution in [0.2, 0.25) is 0 Å². The Labute approximate surface area is 109 Å². The number of aromatic carboxylic acids is 1. The Bertz CT molecular complexity index is 537. The molecule has 2 N–H and O–H groups in total. The second-order valence-electron chi connectivity index (χ2n) is 4.86. The molecule has 1 aliphatic heterocycles. The number of hydrogen-bond acceptors (Lipinski definition) is 3. The van der Waals surface area contributed by atoms with Crippen LogP contribution in [0, 0.1) is 5.41 Å². The molecule has 5 heteroatoms. The van der Waals surface area contributed by atoms with Crippen molar-refractivity contribution in [2.75, 3.05) is 11.1 Å². The van der Waals surface area contributed by atoms with E-state index in [9.17, 15) is 9.59 Å². The molecule has 94 valence electrons. The third-order valence-corrected chi connectivity index (χ3v) is 5.14. The lowest BCUT2D eigenvalue weighted by molar-refractivity contribution is -0.128. The van der Waals surface area contributed by atoms with Crippen LogP contribution in [0.25, 0.3) is 0 Å². The van der Waals surface area contributed by atoms with Gasteiger partial charge < -0.3 is 10.4 Å². The zero-order valence-electron chi connectivity index (χ0n) is 9.73. The number of para-hydroxylation sites is 1. The predicted molar refractivity (Wildman–Crippen MR) is 69.0 cm³/mol. The molecule has 3 rings (SSSR count). The van der Waals surface area contributed by atoms with Gasteiger partial charge in [-0.05, 0) is 25.0 Å². The summed E-state index contributed by atoms with van der Waals surface area (Å²) in [5, 5.41) is 12.0. The zero-order chi connectivity index (χ0) is 12.8. The van der Waals surface area contributed by atoms with Crippen molar-refractivity contribution in [2.24, 2.45) is 5.41 Å². The third kappa shape index (κ3) is 1.61. The predicted octanol–water partition coefficient (Wildman–Crippen LogP) is 2.60. The van der Waals surface area contributed by atoms with E-state index in [1.807, 2.05) is 6.07 Å². The Morgan fingerprint density at radius 2 is 2.17 bits per heavy atom. The van der Waals surface area contributed by atoms with E-state index < -0.39 is 5.97 Å². The number of carboxylic acid groups (broad SMARTS) is 1. The summed E-state index contributed by atoms with van der Waals surface area (Å²) in [6, 6.07) is 5.12. The van der Waals surface area contributed by atoms with Crippen LogP contribution in [0.5, 0.6) is 0 Å². The number of hydrogen-bond donors (Lipinski definition) is 2. The van der Waals surface area contributed by atoms with E-state index in [0.29, 0.717) is 5.69 Å². The molecule has 0 saturated heterocycles. The Hall–Kier alpha value is -1.49. The van der Waals surface area contributed by atoms with Crippen LogP contribution in [0.4, 0.5) is 5.69 Å². The zero-order valence-corrected chi connectivity index (χ0v) is 10.5. The van der Waals surface area contributed by atoms with Gasteiger partial charge in [-0.25, -0.2) is 4.79 Å². The molecule has 1 aliphatic carbocycles. The molecule has 1 aromatic rings. The maximum absolute atomic E-state index is 12.2. The van der Waals surface area contributed by atoms with E-state index in [4.69, 9.17) is 5.11 Å². The van der Waals surface area contributed by atoms with Crippen LogP contribution in [0.1, 0.15) is 29.6 Å². The van der Waals surface area contributed by atoms with E-state index >= 15 is 0 Å². The number of rotatable bonds is 1. The molecule has 1 saturated carbocycles. The second-order valence-corrected chi connectivity index (χ2v) is 5.88. The third-order valence-electron chi connectivity index (χ3n) is 3.79. The van der Waals surface area contributed by atoms with Crippen molar-refractivity contribution in [1.82, 2.24) is 0 Å². The van der Waals surface area contributed by atoms with Crippen LogP contribution >= 0.6 is 11.8 Å². The van der Waals surface area contributed by atoms with Crippen LogP contribution in [-0.2, 0) is 4.79 Å². The fourth-order valence-electron chi connectivity index (χ4n) is 2.46. The molecule has 18 heavy (non-hydrogen) atoms. The van der Waals surface area contributed by atoms with Crippen LogP contribution in [0.15, 0.2) is 23.1 Å². The number of carboxylic acids is 1. The smallest absolute Gasteiger partial charge is 0.337 e. The summed E-state index contributed by atoms with van der Waals surface area (Å²) >= 11 is 1.58. The molecule has 1 heterocycles. The van der Waals surface area contributed by atoms with Gasteiger partial charge in [0, 0.05) is 10.6 Å². The van der Waals surface area contributed by atoms with Gasteiger partial charge in [0.25, 0.3) is 0 Å². The number of nitrogens with one attached hydrogen (secondary N) is 1. The molecular weight excluding hydrogens is 250 g/mol. The summed E-state index contributed by atoms with van der Waals surface area (Å²) in [5.41, 5.74) is 0.355. The molecule has 0 bridgehead atoms. The molecule has 1 fully saturated rings. The van der Waals surface area contributed by atoms with Gasteiger partial charge in [-0.1, -0.05) is 12.5 Å². The minimum Gasteiger partial charge on any atom is -0.478 e. The maximum Gasteiger partial charge on any atom is 0.337 e. The van der Waals surface area contributed by atoms with E-state index in [0.717, 1.165) is 29.9 Å². The van der Waals surface area contributed by atoms with Crippen molar-refractivity contribution in [3.63, 3.8) is 0 Å². The Balaban J connectivity index is 2.03. The normalized spacial score (nSPS) is 20.6. The fourth-order valence-corrected chi connectivity index (χ4v) is 3.79. The van der Waals surface area contributed by atoms with Crippen LogP contribution in [-0.4, -0.2) is 22.7 Å². The minimum absolute atomic E-state index is 0.0197. The fraction of sp³-hybridized carbons (Fsp3) is 0.385. The summed E-state index contributed by atoms with van der Waals surface area (Å²) in [6.45, 7) is 0. The lowest BCUT2D eigenvalue weighted by Crippen LogP contribution is -2.43. The average molecular weight is 263 g/mol. The first-order chi connectivity index (χ1) is 8.62. The standard InChI is InChI=1S/C13H13NO3S/c15-11(16)8-3-1-4-9-10(8)14-12(17)13(7-18-9)5-2-6-13/h1,3-4H,2,5-7H2,(H,14,17)(H,15,16). The van der Waals surface area contributed by atoms with Gasteiger partial charge in [0.2, 0.25) is 5.91 Å². The lowest BCUT2D eigenvalue weighted by atomic mass is 9.69. The number of carbonyl (C=O) groups is 2. The van der Waals surface area contributed by atoms with Crippen molar-refractivity contribution in [3.8, 4) is 0 Å². The van der Waals surface area contributed by atoms with Crippen LogP contribution < -0.4 is 5.32 Å². The molecule has 1 amide bonds. The van der Waals surface area contributed by atoms with Crippen molar-refractivity contribution in [1.29, 1.82) is 0 Å². The first kappa shape index (κ1) is 11.6. The molecular formula is C13H13NO3S. The van der Waals surface area contributed by atoms with Crippen molar-refractivity contribution in [2.45, 2.75) is 24.2 Å². The maximum atomic E-state index is 12.2. The van der Waals surface area contributed by atoms with Gasteiger partial charge in [0.1, 0.15) is 0 Å². The molecule has 4 nitrogen and oxygen atoms in total. The van der Waals surface area contributed by atoms with E-state index in [-0.39, 0.29) is 16.9 Å². The summed E-state index contributed by atoms with van der Waals surface area (Å²) < 4.78 is 0. The summed E-state index contributed by atoms with van der Waals surface area (Å²) in [5.74, 6) is -0.277. The summed E-state index contributed by atoms with van der Waals surface area (Å²) in [7, 11) is 0. The lowest BCUT2D eigenvalue weighted by Gasteiger charge is -2.38. The molecule has 0 atom stereocenters. The monoisotopic (exact) mass is 263 g/mol. The van der Waals surface area contributed by atoms with Gasteiger partial charge in [-0.2, -0.15) is 0 Å². The first-order valence-electron chi connectivity index (χ1n) is 5.93. The van der Waals surface area contributed by atoms with E-state index in [1.54, 1.807) is 17.8 Å². The van der Waals surface area contributed by atoms with Crippen molar-refractivity contribution < 1.29 is 14.7 Å². The molecule has 1 spiro atoms. The average Bonchev–Trinajstić information content (AvgIpc) is 2.43. The van der Waals surface area contributed by atoms with Crippen molar-refractivity contribution in [3.05, 3.63) is 23.8 Å². The summed E-state index contributed by atoms with van der Waals surface area (Å²) in [6.07, 6.45) is 2.89. The number of anilines is 1.